The first-order valence-corrected chi connectivity index (χ1v) is 5.59. The molecule has 2 bridgehead atoms. The van der Waals surface area contributed by atoms with Crippen LogP contribution in [0.2, 0.25) is 0 Å². The predicted octanol–water partition coefficient (Wildman–Crippen LogP) is 2.04. The second-order valence-electron chi connectivity index (χ2n) is 4.97. The van der Waals surface area contributed by atoms with Gasteiger partial charge >= 0.3 is 0 Å². The molecule has 3 saturated carbocycles. The monoisotopic (exact) mass is 184 g/mol. The maximum atomic E-state index is 6.37. The van der Waals surface area contributed by atoms with Crippen molar-refractivity contribution in [3.05, 3.63) is 0 Å². The van der Waals surface area contributed by atoms with Gasteiger partial charge in [-0.3, -0.25) is 0 Å². The number of alkyl halides is 1. The van der Waals surface area contributed by atoms with Crippen LogP contribution < -0.4 is 0 Å². The van der Waals surface area contributed by atoms with Gasteiger partial charge in [-0.05, 0) is 42.9 Å². The summed E-state index contributed by atoms with van der Waals surface area (Å²) < 4.78 is 6.01. The van der Waals surface area contributed by atoms with Crippen molar-refractivity contribution >= 4 is 11.6 Å². The van der Waals surface area contributed by atoms with Crippen LogP contribution in [0.1, 0.15) is 19.3 Å². The van der Waals surface area contributed by atoms with Crippen molar-refractivity contribution in [3.63, 3.8) is 0 Å². The Bertz CT molecular complexity index is 240. The highest BCUT2D eigenvalue weighted by atomic mass is 35.5. The third-order valence-electron chi connectivity index (χ3n) is 4.77. The smallest absolute Gasteiger partial charge is 0.0777 e. The van der Waals surface area contributed by atoms with Crippen LogP contribution in [0.3, 0.4) is 0 Å². The van der Waals surface area contributed by atoms with Gasteiger partial charge in [-0.1, -0.05) is 0 Å². The van der Waals surface area contributed by atoms with E-state index >= 15 is 0 Å². The molecule has 1 aliphatic heterocycles. The molecule has 3 aliphatic carbocycles. The van der Waals surface area contributed by atoms with Gasteiger partial charge in [0, 0.05) is 0 Å². The van der Waals surface area contributed by atoms with E-state index in [0.717, 1.165) is 23.7 Å². The van der Waals surface area contributed by atoms with Gasteiger partial charge in [-0.15, -0.1) is 11.6 Å². The Morgan fingerprint density at radius 3 is 2.92 bits per heavy atom. The van der Waals surface area contributed by atoms with Gasteiger partial charge in [-0.2, -0.15) is 0 Å². The molecular formula is C10H13ClO. The zero-order chi connectivity index (χ0) is 7.87. The fraction of sp³-hybridized carbons (Fsp3) is 1.00. The van der Waals surface area contributed by atoms with E-state index in [1.165, 1.54) is 19.3 Å². The van der Waals surface area contributed by atoms with E-state index in [1.54, 1.807) is 0 Å². The highest BCUT2D eigenvalue weighted by Crippen LogP contribution is 2.65. The van der Waals surface area contributed by atoms with Crippen LogP contribution in [0.5, 0.6) is 0 Å². The van der Waals surface area contributed by atoms with Gasteiger partial charge < -0.3 is 4.74 Å². The third-order valence-corrected chi connectivity index (χ3v) is 5.35. The summed E-state index contributed by atoms with van der Waals surface area (Å²) in [6.07, 6.45) is 5.15. The second-order valence-corrected chi connectivity index (χ2v) is 5.47. The standard InChI is InChI=1S/C10H13ClO/c11-9-5-3-6-8-4(5)1-2-7(8)12-10(6)9/h4-10H,1-3H2/t4-,5-,6+,7-,8-,9-,10-/m0/s1. The Labute approximate surface area is 77.4 Å². The number of fused-ring (bicyclic) bond motifs is 2. The molecular weight excluding hydrogens is 172 g/mol. The summed E-state index contributed by atoms with van der Waals surface area (Å²) in [6.45, 7) is 0. The molecule has 0 aromatic carbocycles. The van der Waals surface area contributed by atoms with Gasteiger partial charge in [0.25, 0.3) is 0 Å². The summed E-state index contributed by atoms with van der Waals surface area (Å²) in [5.41, 5.74) is 0. The van der Waals surface area contributed by atoms with E-state index in [-0.39, 0.29) is 0 Å². The lowest BCUT2D eigenvalue weighted by atomic mass is 9.81. The maximum Gasteiger partial charge on any atom is 0.0777 e. The first-order valence-electron chi connectivity index (χ1n) is 5.16. The number of halogens is 1. The van der Waals surface area contributed by atoms with E-state index < -0.39 is 0 Å². The fourth-order valence-electron chi connectivity index (χ4n) is 4.49. The molecule has 0 amide bonds. The summed E-state index contributed by atoms with van der Waals surface area (Å²) in [7, 11) is 0. The van der Waals surface area contributed by atoms with Crippen molar-refractivity contribution in [2.75, 3.05) is 0 Å². The van der Waals surface area contributed by atoms with Gasteiger partial charge in [0.2, 0.25) is 0 Å². The van der Waals surface area contributed by atoms with Crippen LogP contribution in [-0.4, -0.2) is 17.6 Å². The molecule has 12 heavy (non-hydrogen) atoms. The second kappa shape index (κ2) is 1.85. The van der Waals surface area contributed by atoms with Crippen LogP contribution in [0, 0.1) is 23.7 Å². The molecule has 0 aromatic rings. The van der Waals surface area contributed by atoms with E-state index in [9.17, 15) is 0 Å². The number of hydrogen-bond acceptors (Lipinski definition) is 1. The summed E-state index contributed by atoms with van der Waals surface area (Å²) in [6, 6.07) is 0. The maximum absolute atomic E-state index is 6.37. The molecule has 0 spiro atoms. The zero-order valence-electron chi connectivity index (χ0n) is 6.95. The largest absolute Gasteiger partial charge is 0.373 e. The highest BCUT2D eigenvalue weighted by Gasteiger charge is 2.66. The van der Waals surface area contributed by atoms with Gasteiger partial charge in [-0.25, -0.2) is 0 Å². The molecule has 2 heteroatoms. The molecule has 7 atom stereocenters. The molecule has 1 saturated heterocycles. The van der Waals surface area contributed by atoms with Crippen molar-refractivity contribution in [2.45, 2.75) is 36.8 Å². The molecule has 0 aromatic heterocycles. The summed E-state index contributed by atoms with van der Waals surface area (Å²) in [5, 5.41) is 0.363. The number of ether oxygens (including phenoxy) is 1. The van der Waals surface area contributed by atoms with Crippen LogP contribution in [0.25, 0.3) is 0 Å². The topological polar surface area (TPSA) is 9.23 Å². The summed E-state index contributed by atoms with van der Waals surface area (Å²) >= 11 is 6.37. The lowest BCUT2D eigenvalue weighted by molar-refractivity contribution is 0.0386. The number of rotatable bonds is 0. The first-order chi connectivity index (χ1) is 5.86. The lowest BCUT2D eigenvalue weighted by Crippen LogP contribution is -2.32. The SMILES string of the molecule is Cl[C@H]1[C@H]2C[C@H]3[C@@H]1O[C@H]1CC[C@@H]2[C@@H]31. The average molecular weight is 185 g/mol. The first kappa shape index (κ1) is 6.67. The zero-order valence-corrected chi connectivity index (χ0v) is 7.70. The Hall–Kier alpha value is 0.250. The quantitative estimate of drug-likeness (QED) is 0.524. The molecule has 0 N–H and O–H groups in total. The Balaban J connectivity index is 1.87. The molecule has 4 aliphatic rings. The van der Waals surface area contributed by atoms with Crippen LogP contribution >= 0.6 is 11.6 Å². The summed E-state index contributed by atoms with van der Waals surface area (Å²) in [4.78, 5) is 0. The molecule has 1 heterocycles. The normalized spacial score (nSPS) is 71.2. The Morgan fingerprint density at radius 1 is 1.08 bits per heavy atom. The molecule has 0 radical (unpaired) electrons. The van der Waals surface area contributed by atoms with Crippen LogP contribution in [0.15, 0.2) is 0 Å². The predicted molar refractivity (Wildman–Crippen MR) is 46.1 cm³/mol. The van der Waals surface area contributed by atoms with Crippen LogP contribution in [0.4, 0.5) is 0 Å². The number of hydrogen-bond donors (Lipinski definition) is 0. The van der Waals surface area contributed by atoms with E-state index in [0.29, 0.717) is 17.6 Å². The van der Waals surface area contributed by atoms with E-state index in [1.807, 2.05) is 0 Å². The van der Waals surface area contributed by atoms with E-state index in [4.69, 9.17) is 16.3 Å². The molecule has 4 rings (SSSR count). The molecule has 66 valence electrons. The Morgan fingerprint density at radius 2 is 2.00 bits per heavy atom. The van der Waals surface area contributed by atoms with Crippen molar-refractivity contribution < 1.29 is 4.74 Å². The van der Waals surface area contributed by atoms with Gasteiger partial charge in [0.15, 0.2) is 0 Å². The molecule has 4 fully saturated rings. The third kappa shape index (κ3) is 0.515. The van der Waals surface area contributed by atoms with Gasteiger partial charge in [0.05, 0.1) is 17.6 Å². The minimum absolute atomic E-state index is 0.363. The highest BCUT2D eigenvalue weighted by molar-refractivity contribution is 6.21. The van der Waals surface area contributed by atoms with Gasteiger partial charge in [0.1, 0.15) is 0 Å². The van der Waals surface area contributed by atoms with Crippen molar-refractivity contribution in [3.8, 4) is 0 Å². The lowest BCUT2D eigenvalue weighted by Gasteiger charge is -2.27. The fourth-order valence-corrected chi connectivity index (χ4v) is 5.03. The van der Waals surface area contributed by atoms with E-state index in [2.05, 4.69) is 0 Å². The summed E-state index contributed by atoms with van der Waals surface area (Å²) in [5.74, 6) is 3.55. The Kier molecular flexibility index (Phi) is 1.03. The minimum atomic E-state index is 0.363. The van der Waals surface area contributed by atoms with Crippen molar-refractivity contribution in [2.24, 2.45) is 23.7 Å². The van der Waals surface area contributed by atoms with Crippen LogP contribution in [-0.2, 0) is 4.74 Å². The molecule has 1 nitrogen and oxygen atoms in total. The molecule has 0 unspecified atom stereocenters. The van der Waals surface area contributed by atoms with Crippen molar-refractivity contribution in [1.29, 1.82) is 0 Å². The minimum Gasteiger partial charge on any atom is -0.373 e. The van der Waals surface area contributed by atoms with Crippen molar-refractivity contribution in [1.82, 2.24) is 0 Å². The average Bonchev–Trinajstić information content (AvgIpc) is 2.68.